The smallest absolute Gasteiger partial charge is 0.273 e. The van der Waals surface area contributed by atoms with Crippen molar-refractivity contribution in [1.29, 1.82) is 0 Å². The Morgan fingerprint density at radius 3 is 2.46 bits per heavy atom. The Morgan fingerprint density at radius 2 is 1.76 bits per heavy atom. The normalized spacial score (nSPS) is 29.0. The van der Waals surface area contributed by atoms with Crippen LogP contribution in [0.1, 0.15) is 55.7 Å². The van der Waals surface area contributed by atoms with Gasteiger partial charge < -0.3 is 24.6 Å². The Kier molecular flexibility index (Phi) is 9.88. The first-order valence-electron chi connectivity index (χ1n) is 16.5. The lowest BCUT2D eigenvalue weighted by Gasteiger charge is -2.46. The Bertz CT molecular complexity index is 1400. The predicted molar refractivity (Wildman–Crippen MR) is 171 cm³/mol. The molecule has 1 aromatic carbocycles. The molecule has 10 nitrogen and oxygen atoms in total. The number of piperazine rings is 1. The van der Waals surface area contributed by atoms with E-state index in [2.05, 4.69) is 40.9 Å². The number of carbonyl (C=O) groups is 2. The van der Waals surface area contributed by atoms with Crippen LogP contribution < -0.4 is 15.0 Å². The van der Waals surface area contributed by atoms with Gasteiger partial charge in [0.1, 0.15) is 30.0 Å². The predicted octanol–water partition coefficient (Wildman–Crippen LogP) is 2.88. The molecular weight excluding hydrogens is 594 g/mol. The number of hydrogen-bond donors (Lipinski definition) is 1. The lowest BCUT2D eigenvalue weighted by atomic mass is 10.0. The summed E-state index contributed by atoms with van der Waals surface area (Å²) in [6.45, 7) is 13.0. The molecule has 0 saturated carbocycles. The van der Waals surface area contributed by atoms with Gasteiger partial charge in [-0.1, -0.05) is 12.1 Å². The van der Waals surface area contributed by atoms with Crippen molar-refractivity contribution >= 4 is 17.5 Å². The van der Waals surface area contributed by atoms with E-state index in [-0.39, 0.29) is 79.9 Å². The minimum absolute atomic E-state index is 0.0162. The highest BCUT2D eigenvalue weighted by atomic mass is 19.1. The number of pyridine rings is 1. The molecule has 12 heteroatoms. The van der Waals surface area contributed by atoms with Crippen LogP contribution in [0.5, 0.6) is 5.88 Å². The Morgan fingerprint density at radius 1 is 1.02 bits per heavy atom. The molecule has 3 fully saturated rings. The van der Waals surface area contributed by atoms with E-state index in [0.29, 0.717) is 43.1 Å². The lowest BCUT2D eigenvalue weighted by Crippen LogP contribution is -2.63. The van der Waals surface area contributed by atoms with Crippen LogP contribution in [0.25, 0.3) is 0 Å². The fourth-order valence-electron chi connectivity index (χ4n) is 7.18. The van der Waals surface area contributed by atoms with E-state index in [0.717, 1.165) is 25.2 Å². The molecule has 4 aliphatic heterocycles. The lowest BCUT2D eigenvalue weighted by molar-refractivity contribution is -0.122. The molecule has 0 radical (unpaired) electrons. The van der Waals surface area contributed by atoms with E-state index in [9.17, 15) is 18.4 Å². The number of ether oxygens (including phenoxy) is 2. The summed E-state index contributed by atoms with van der Waals surface area (Å²) in [6, 6.07) is 8.62. The Labute approximate surface area is 270 Å². The van der Waals surface area contributed by atoms with Gasteiger partial charge in [-0.15, -0.1) is 0 Å². The molecule has 2 amide bonds. The Balaban J connectivity index is 1.29. The first-order chi connectivity index (χ1) is 22.1. The van der Waals surface area contributed by atoms with Gasteiger partial charge in [0, 0.05) is 50.3 Å². The molecule has 0 aliphatic carbocycles. The number of carbonyl (C=O) groups excluding carboxylic acids is 2. The van der Waals surface area contributed by atoms with Gasteiger partial charge in [-0.05, 0) is 69.9 Å². The van der Waals surface area contributed by atoms with Gasteiger partial charge in [0.25, 0.3) is 5.91 Å². The van der Waals surface area contributed by atoms with Crippen LogP contribution in [-0.2, 0) is 16.0 Å². The van der Waals surface area contributed by atoms with Crippen molar-refractivity contribution in [3.8, 4) is 5.88 Å². The van der Waals surface area contributed by atoms with Crippen molar-refractivity contribution in [2.24, 2.45) is 0 Å². The summed E-state index contributed by atoms with van der Waals surface area (Å²) in [4.78, 5) is 40.6. The number of nitrogens with one attached hydrogen (secondary N) is 1. The molecule has 0 spiro atoms. The molecular formula is C34H46F2N6O4. The number of alkyl halides is 1. The minimum atomic E-state index is -1.07. The zero-order valence-corrected chi connectivity index (χ0v) is 27.3. The van der Waals surface area contributed by atoms with Crippen LogP contribution in [0.3, 0.4) is 0 Å². The number of amides is 2. The molecule has 0 bridgehead atoms. The molecule has 6 atom stereocenters. The van der Waals surface area contributed by atoms with E-state index < -0.39 is 6.17 Å². The summed E-state index contributed by atoms with van der Waals surface area (Å²) < 4.78 is 39.6. The molecule has 5 heterocycles. The monoisotopic (exact) mass is 640 g/mol. The number of anilines is 1. The number of halogens is 2. The van der Waals surface area contributed by atoms with Crippen molar-refractivity contribution in [3.05, 3.63) is 53.0 Å². The Hall–Kier alpha value is -3.19. The largest absolute Gasteiger partial charge is 0.474 e. The second kappa shape index (κ2) is 13.9. The zero-order chi connectivity index (χ0) is 32.5. The number of morpholine rings is 1. The molecule has 6 rings (SSSR count). The molecule has 2 aromatic rings. The van der Waals surface area contributed by atoms with Gasteiger partial charge in [0.2, 0.25) is 11.8 Å². The standard InChI is InChI=1S/C34H46F2N6O4/c1-21-14-40(29(13-37-21)16-41-22(2)18-45-19-23(41)3)17-31(43)42-24(4)20-46-33-30(42)12-26(11-25-5-7-27(35)8-6-25)32(38-33)34(44)39-10-9-28(36)15-39/h5-8,12,21-24,28-29,37H,9-11,13-20H2,1-4H3/t21-,22-,23-,24+,28-,29-/m1/s1. The molecule has 250 valence electrons. The molecule has 4 aliphatic rings. The summed E-state index contributed by atoms with van der Waals surface area (Å²) in [5.41, 5.74) is 2.05. The maximum absolute atomic E-state index is 14.3. The van der Waals surface area contributed by atoms with Crippen LogP contribution in [0.15, 0.2) is 30.3 Å². The average Bonchev–Trinajstić information content (AvgIpc) is 3.46. The molecule has 1 N–H and O–H groups in total. The van der Waals surface area contributed by atoms with Crippen LogP contribution in [-0.4, -0.2) is 127 Å². The van der Waals surface area contributed by atoms with E-state index >= 15 is 0 Å². The SMILES string of the molecule is C[C@@H]1CN(CC(=O)N2c3cc(Cc4ccc(F)cc4)c(C(=O)N4CC[C@@H](F)C4)nc3OC[C@@H]2C)[C@@H](CN2[C@H](C)COC[C@H]2C)CN1. The maximum Gasteiger partial charge on any atom is 0.273 e. The highest BCUT2D eigenvalue weighted by Crippen LogP contribution is 2.36. The summed E-state index contributed by atoms with van der Waals surface area (Å²) in [5, 5.41) is 3.60. The third kappa shape index (κ3) is 7.05. The second-order valence-electron chi connectivity index (χ2n) is 13.5. The van der Waals surface area contributed by atoms with Gasteiger partial charge in [-0.3, -0.25) is 19.4 Å². The van der Waals surface area contributed by atoms with E-state index in [1.807, 2.05) is 13.0 Å². The number of benzene rings is 1. The van der Waals surface area contributed by atoms with Crippen molar-refractivity contribution in [1.82, 2.24) is 25.0 Å². The van der Waals surface area contributed by atoms with Crippen molar-refractivity contribution in [2.75, 3.05) is 64.0 Å². The van der Waals surface area contributed by atoms with Crippen molar-refractivity contribution < 1.29 is 27.8 Å². The van der Waals surface area contributed by atoms with Gasteiger partial charge in [-0.25, -0.2) is 13.8 Å². The highest BCUT2D eigenvalue weighted by Gasteiger charge is 2.38. The fourth-order valence-corrected chi connectivity index (χ4v) is 7.18. The van der Waals surface area contributed by atoms with E-state index in [1.54, 1.807) is 17.0 Å². The van der Waals surface area contributed by atoms with Crippen LogP contribution in [0.2, 0.25) is 0 Å². The molecule has 3 saturated heterocycles. The third-order valence-electron chi connectivity index (χ3n) is 9.74. The summed E-state index contributed by atoms with van der Waals surface area (Å²) >= 11 is 0. The molecule has 0 unspecified atom stereocenters. The van der Waals surface area contributed by atoms with Gasteiger partial charge in [0.15, 0.2) is 0 Å². The maximum atomic E-state index is 14.3. The third-order valence-corrected chi connectivity index (χ3v) is 9.74. The van der Waals surface area contributed by atoms with Crippen molar-refractivity contribution in [3.63, 3.8) is 0 Å². The summed E-state index contributed by atoms with van der Waals surface area (Å²) in [7, 11) is 0. The number of fused-ring (bicyclic) bond motifs is 1. The highest BCUT2D eigenvalue weighted by molar-refractivity contribution is 5.99. The minimum Gasteiger partial charge on any atom is -0.474 e. The second-order valence-corrected chi connectivity index (χ2v) is 13.5. The van der Waals surface area contributed by atoms with Crippen molar-refractivity contribution in [2.45, 2.75) is 76.9 Å². The number of nitrogens with zero attached hydrogens (tertiary/aromatic N) is 5. The number of aromatic nitrogens is 1. The topological polar surface area (TPSA) is 90.5 Å². The zero-order valence-electron chi connectivity index (χ0n) is 27.3. The van der Waals surface area contributed by atoms with Crippen LogP contribution in [0, 0.1) is 5.82 Å². The van der Waals surface area contributed by atoms with Gasteiger partial charge in [0.05, 0.1) is 32.3 Å². The first-order valence-corrected chi connectivity index (χ1v) is 16.5. The van der Waals surface area contributed by atoms with Gasteiger partial charge >= 0.3 is 0 Å². The number of hydrogen-bond acceptors (Lipinski definition) is 8. The van der Waals surface area contributed by atoms with Gasteiger partial charge in [-0.2, -0.15) is 0 Å². The van der Waals surface area contributed by atoms with Crippen LogP contribution in [0.4, 0.5) is 14.5 Å². The van der Waals surface area contributed by atoms with E-state index in [1.165, 1.54) is 17.0 Å². The van der Waals surface area contributed by atoms with Crippen LogP contribution >= 0.6 is 0 Å². The molecule has 46 heavy (non-hydrogen) atoms. The molecule has 1 aromatic heterocycles. The fraction of sp³-hybridized carbons (Fsp3) is 0.618. The summed E-state index contributed by atoms with van der Waals surface area (Å²) in [6.07, 6.45) is -0.494. The quantitative estimate of drug-likeness (QED) is 0.495. The first kappa shape index (κ1) is 32.7. The summed E-state index contributed by atoms with van der Waals surface area (Å²) in [5.74, 6) is -0.571. The number of rotatable bonds is 7. The van der Waals surface area contributed by atoms with E-state index in [4.69, 9.17) is 9.47 Å². The average molecular weight is 641 g/mol. The number of likely N-dealkylation sites (tertiary alicyclic amines) is 1.